The van der Waals surface area contributed by atoms with Crippen LogP contribution in [-0.2, 0) is 17.9 Å². The highest BCUT2D eigenvalue weighted by Crippen LogP contribution is 2.22. The summed E-state index contributed by atoms with van der Waals surface area (Å²) in [5.74, 6) is -0.217. The molecule has 0 aliphatic heterocycles. The normalized spacial score (nSPS) is 10.8. The van der Waals surface area contributed by atoms with Crippen molar-refractivity contribution in [2.45, 2.75) is 13.1 Å². The molecular formula is C18H15Cl2N3O2. The minimum atomic E-state index is -0.239. The summed E-state index contributed by atoms with van der Waals surface area (Å²) in [7, 11) is 1.66. The zero-order valence-corrected chi connectivity index (χ0v) is 15.0. The van der Waals surface area contributed by atoms with Crippen LogP contribution in [0.1, 0.15) is 5.56 Å². The van der Waals surface area contributed by atoms with Gasteiger partial charge in [0.2, 0.25) is 5.91 Å². The summed E-state index contributed by atoms with van der Waals surface area (Å²) in [5, 5.41) is 1.52. The predicted octanol–water partition coefficient (Wildman–Crippen LogP) is 3.36. The van der Waals surface area contributed by atoms with E-state index in [-0.39, 0.29) is 18.0 Å². The highest BCUT2D eigenvalue weighted by atomic mass is 35.5. The van der Waals surface area contributed by atoms with E-state index in [0.29, 0.717) is 27.5 Å². The average molecular weight is 376 g/mol. The van der Waals surface area contributed by atoms with Crippen LogP contribution in [0.4, 0.5) is 0 Å². The van der Waals surface area contributed by atoms with Crippen molar-refractivity contribution in [2.24, 2.45) is 0 Å². The van der Waals surface area contributed by atoms with E-state index >= 15 is 0 Å². The molecule has 1 aromatic heterocycles. The number of carbonyl (C=O) groups is 1. The molecule has 3 aromatic rings. The van der Waals surface area contributed by atoms with Crippen molar-refractivity contribution in [3.05, 3.63) is 74.8 Å². The topological polar surface area (TPSA) is 55.2 Å². The maximum atomic E-state index is 12.5. The number of fused-ring (bicyclic) bond motifs is 1. The first-order valence-electron chi connectivity index (χ1n) is 7.58. The summed E-state index contributed by atoms with van der Waals surface area (Å²) in [6.45, 7) is 0.239. The van der Waals surface area contributed by atoms with E-state index in [9.17, 15) is 9.59 Å². The highest BCUT2D eigenvalue weighted by Gasteiger charge is 2.14. The van der Waals surface area contributed by atoms with Gasteiger partial charge in [-0.1, -0.05) is 41.4 Å². The molecule has 25 heavy (non-hydrogen) atoms. The molecule has 0 bridgehead atoms. The number of hydrogen-bond donors (Lipinski definition) is 0. The molecule has 1 amide bonds. The van der Waals surface area contributed by atoms with Crippen molar-refractivity contribution in [2.75, 3.05) is 7.05 Å². The minimum absolute atomic E-state index is 0.0849. The lowest BCUT2D eigenvalue weighted by molar-refractivity contribution is -0.131. The first-order chi connectivity index (χ1) is 12.0. The number of hydrogen-bond acceptors (Lipinski definition) is 3. The molecule has 0 N–H and O–H groups in total. The molecular weight excluding hydrogens is 361 g/mol. The number of carbonyl (C=O) groups excluding carboxylic acids is 1. The maximum absolute atomic E-state index is 12.5. The van der Waals surface area contributed by atoms with E-state index in [2.05, 4.69) is 4.98 Å². The standard InChI is InChI=1S/C18H15Cl2N3O2/c1-22(9-12-6-7-13(19)8-15(12)20)17(24)10-23-11-21-16-5-3-2-4-14(16)18(23)25/h2-8,11H,9-10H2,1H3. The number of nitrogens with zero attached hydrogens (tertiary/aromatic N) is 3. The average Bonchev–Trinajstić information content (AvgIpc) is 2.60. The summed E-state index contributed by atoms with van der Waals surface area (Å²) >= 11 is 12.0. The van der Waals surface area contributed by atoms with Crippen LogP contribution >= 0.6 is 23.2 Å². The van der Waals surface area contributed by atoms with Gasteiger partial charge < -0.3 is 4.90 Å². The summed E-state index contributed by atoms with van der Waals surface area (Å²) < 4.78 is 1.31. The molecule has 0 aliphatic rings. The van der Waals surface area contributed by atoms with Crippen LogP contribution in [0.25, 0.3) is 10.9 Å². The number of amides is 1. The molecule has 0 spiro atoms. The van der Waals surface area contributed by atoms with Gasteiger partial charge in [0.05, 0.1) is 17.2 Å². The lowest BCUT2D eigenvalue weighted by Gasteiger charge is -2.18. The summed E-state index contributed by atoms with van der Waals surface area (Å²) in [4.78, 5) is 30.6. The quantitative estimate of drug-likeness (QED) is 0.702. The van der Waals surface area contributed by atoms with Crippen LogP contribution in [0.3, 0.4) is 0 Å². The van der Waals surface area contributed by atoms with Crippen LogP contribution in [0.5, 0.6) is 0 Å². The summed E-state index contributed by atoms with van der Waals surface area (Å²) in [6, 6.07) is 12.2. The number of rotatable bonds is 4. The molecule has 0 atom stereocenters. The number of benzene rings is 2. The second kappa shape index (κ2) is 7.25. The first kappa shape index (κ1) is 17.5. The van der Waals surface area contributed by atoms with Gasteiger partial charge in [0.1, 0.15) is 6.54 Å². The van der Waals surface area contributed by atoms with E-state index in [0.717, 1.165) is 5.56 Å². The molecule has 0 radical (unpaired) electrons. The number of halogens is 2. The van der Waals surface area contributed by atoms with Gasteiger partial charge in [-0.15, -0.1) is 0 Å². The van der Waals surface area contributed by atoms with Crippen molar-refractivity contribution in [3.63, 3.8) is 0 Å². The largest absolute Gasteiger partial charge is 0.340 e. The lowest BCUT2D eigenvalue weighted by Crippen LogP contribution is -2.33. The monoisotopic (exact) mass is 375 g/mol. The van der Waals surface area contributed by atoms with Crippen molar-refractivity contribution in [1.82, 2.24) is 14.5 Å². The molecule has 7 heteroatoms. The summed E-state index contributed by atoms with van der Waals surface area (Å²) in [5.41, 5.74) is 1.15. The Morgan fingerprint density at radius 3 is 2.72 bits per heavy atom. The first-order valence-corrected chi connectivity index (χ1v) is 8.33. The Balaban J connectivity index is 1.77. The van der Waals surface area contributed by atoms with Gasteiger partial charge in [-0.05, 0) is 29.8 Å². The van der Waals surface area contributed by atoms with Gasteiger partial charge in [-0.25, -0.2) is 4.98 Å². The third-order valence-electron chi connectivity index (χ3n) is 3.89. The molecule has 0 aliphatic carbocycles. The fraction of sp³-hybridized carbons (Fsp3) is 0.167. The van der Waals surface area contributed by atoms with Crippen molar-refractivity contribution in [3.8, 4) is 0 Å². The minimum Gasteiger partial charge on any atom is -0.340 e. The molecule has 1 heterocycles. The Morgan fingerprint density at radius 1 is 1.20 bits per heavy atom. The van der Waals surface area contributed by atoms with Gasteiger partial charge in [0, 0.05) is 23.6 Å². The Kier molecular flexibility index (Phi) is 5.06. The van der Waals surface area contributed by atoms with E-state index in [1.165, 1.54) is 15.8 Å². The van der Waals surface area contributed by atoms with Gasteiger partial charge in [0.25, 0.3) is 5.56 Å². The van der Waals surface area contributed by atoms with Crippen LogP contribution in [-0.4, -0.2) is 27.4 Å². The van der Waals surface area contributed by atoms with Crippen LogP contribution in [0.15, 0.2) is 53.6 Å². The second-order valence-corrected chi connectivity index (χ2v) is 6.52. The second-order valence-electron chi connectivity index (χ2n) is 5.68. The SMILES string of the molecule is CN(Cc1ccc(Cl)cc1Cl)C(=O)Cn1cnc2ccccc2c1=O. The number of para-hydroxylation sites is 1. The molecule has 0 fully saturated rings. The molecule has 128 valence electrons. The van der Waals surface area contributed by atoms with Gasteiger partial charge in [-0.3, -0.25) is 14.2 Å². The molecule has 3 rings (SSSR count). The molecule has 0 unspecified atom stereocenters. The number of aromatic nitrogens is 2. The van der Waals surface area contributed by atoms with E-state index < -0.39 is 0 Å². The van der Waals surface area contributed by atoms with Crippen LogP contribution in [0, 0.1) is 0 Å². The Morgan fingerprint density at radius 2 is 1.96 bits per heavy atom. The van der Waals surface area contributed by atoms with Crippen molar-refractivity contribution < 1.29 is 4.79 Å². The summed E-state index contributed by atoms with van der Waals surface area (Å²) in [6.07, 6.45) is 1.39. The Labute approximate surface area is 154 Å². The zero-order valence-electron chi connectivity index (χ0n) is 13.4. The fourth-order valence-corrected chi connectivity index (χ4v) is 2.95. The van der Waals surface area contributed by atoms with E-state index in [1.54, 1.807) is 43.4 Å². The molecule has 0 saturated carbocycles. The van der Waals surface area contributed by atoms with E-state index in [4.69, 9.17) is 23.2 Å². The van der Waals surface area contributed by atoms with Gasteiger partial charge >= 0.3 is 0 Å². The van der Waals surface area contributed by atoms with Crippen molar-refractivity contribution >= 4 is 40.0 Å². The van der Waals surface area contributed by atoms with Crippen molar-refractivity contribution in [1.29, 1.82) is 0 Å². The molecule has 5 nitrogen and oxygen atoms in total. The Bertz CT molecular complexity index is 1000. The predicted molar refractivity (Wildman–Crippen MR) is 98.9 cm³/mol. The van der Waals surface area contributed by atoms with E-state index in [1.807, 2.05) is 6.07 Å². The molecule has 0 saturated heterocycles. The zero-order chi connectivity index (χ0) is 18.0. The Hall–Kier alpha value is -2.37. The maximum Gasteiger partial charge on any atom is 0.261 e. The van der Waals surface area contributed by atoms with Gasteiger partial charge in [-0.2, -0.15) is 0 Å². The smallest absolute Gasteiger partial charge is 0.261 e. The molecule has 2 aromatic carbocycles. The lowest BCUT2D eigenvalue weighted by atomic mass is 10.2. The third kappa shape index (κ3) is 3.83. The highest BCUT2D eigenvalue weighted by molar-refractivity contribution is 6.35. The fourth-order valence-electron chi connectivity index (χ4n) is 2.48. The number of likely N-dealkylation sites (N-methyl/N-ethyl adjacent to an activating group) is 1. The van der Waals surface area contributed by atoms with Crippen LogP contribution < -0.4 is 5.56 Å². The van der Waals surface area contributed by atoms with Gasteiger partial charge in [0.15, 0.2) is 0 Å². The van der Waals surface area contributed by atoms with Crippen LogP contribution in [0.2, 0.25) is 10.0 Å². The third-order valence-corrected chi connectivity index (χ3v) is 4.47.